The van der Waals surface area contributed by atoms with Crippen LogP contribution in [0.4, 0.5) is 0 Å². The van der Waals surface area contributed by atoms with Gasteiger partial charge in [0.05, 0.1) is 22.8 Å². The maximum Gasteiger partial charge on any atom is 0.0889 e. The number of rotatable bonds is 10. The zero-order valence-corrected chi connectivity index (χ0v) is 19.3. The van der Waals surface area contributed by atoms with Crippen LogP contribution in [-0.2, 0) is 19.6 Å². The van der Waals surface area contributed by atoms with E-state index in [1.165, 1.54) is 11.1 Å². The summed E-state index contributed by atoms with van der Waals surface area (Å²) in [6.07, 6.45) is 7.42. The van der Waals surface area contributed by atoms with E-state index in [0.717, 1.165) is 55.5 Å². The molecule has 4 rings (SSSR count). The molecule has 4 aromatic rings. The Labute approximate surface area is 196 Å². The molecule has 0 saturated carbocycles. The molecule has 0 aromatic carbocycles. The van der Waals surface area contributed by atoms with Crippen molar-refractivity contribution in [1.29, 1.82) is 0 Å². The van der Waals surface area contributed by atoms with Crippen molar-refractivity contribution in [1.82, 2.24) is 29.7 Å². The minimum atomic E-state index is 0.790. The smallest absolute Gasteiger partial charge is 0.0889 e. The lowest BCUT2D eigenvalue weighted by molar-refractivity contribution is 0.206. The third-order valence-electron chi connectivity index (χ3n) is 5.48. The molecule has 4 aromatic heterocycles. The molecule has 168 valence electrons. The number of nitrogens with zero attached hydrogens (tertiary/aromatic N) is 6. The van der Waals surface area contributed by atoms with E-state index < -0.39 is 0 Å². The molecule has 0 N–H and O–H groups in total. The van der Waals surface area contributed by atoms with Gasteiger partial charge in [-0.1, -0.05) is 12.1 Å². The largest absolute Gasteiger partial charge is 0.299 e. The van der Waals surface area contributed by atoms with E-state index >= 15 is 0 Å². The Bertz CT molecular complexity index is 1130. The molecule has 0 atom stereocenters. The van der Waals surface area contributed by atoms with Crippen molar-refractivity contribution in [3.05, 3.63) is 108 Å². The molecule has 33 heavy (non-hydrogen) atoms. The standard InChI is InChI=1S/C27H30N6/c1-22-9-13-30-26(17-22)27-18-23(10-14-31-27)19-33(21-25-8-4-6-12-29-25)16-15-32(2)20-24-7-3-5-11-28-24/h3-14,17-18H,15-16,19-21H2,1-2H3. The monoisotopic (exact) mass is 438 g/mol. The van der Waals surface area contributed by atoms with Gasteiger partial charge in [0, 0.05) is 57.5 Å². The predicted molar refractivity (Wildman–Crippen MR) is 131 cm³/mol. The van der Waals surface area contributed by atoms with Crippen LogP contribution in [0.1, 0.15) is 22.5 Å². The zero-order valence-electron chi connectivity index (χ0n) is 19.3. The normalized spacial score (nSPS) is 11.3. The Hall–Kier alpha value is -3.48. The second kappa shape index (κ2) is 11.4. The highest BCUT2D eigenvalue weighted by Crippen LogP contribution is 2.18. The summed E-state index contributed by atoms with van der Waals surface area (Å²) >= 11 is 0. The highest BCUT2D eigenvalue weighted by atomic mass is 15.2. The van der Waals surface area contributed by atoms with Crippen molar-refractivity contribution in [3.8, 4) is 11.4 Å². The first kappa shape index (κ1) is 22.7. The molecule has 6 nitrogen and oxygen atoms in total. The van der Waals surface area contributed by atoms with Crippen LogP contribution in [0.15, 0.2) is 85.5 Å². The van der Waals surface area contributed by atoms with Crippen LogP contribution in [0.5, 0.6) is 0 Å². The SMILES string of the molecule is Cc1ccnc(-c2cc(CN(CCN(C)Cc3ccccn3)Cc3ccccn3)ccn2)c1. The summed E-state index contributed by atoms with van der Waals surface area (Å²) in [5.41, 5.74) is 6.36. The fraction of sp³-hybridized carbons (Fsp3) is 0.259. The minimum Gasteiger partial charge on any atom is -0.299 e. The molecule has 4 heterocycles. The summed E-state index contributed by atoms with van der Waals surface area (Å²) in [6.45, 7) is 6.36. The van der Waals surface area contributed by atoms with Gasteiger partial charge in [-0.25, -0.2) is 0 Å². The average molecular weight is 439 g/mol. The van der Waals surface area contributed by atoms with E-state index in [1.807, 2.05) is 55.1 Å². The van der Waals surface area contributed by atoms with Gasteiger partial charge in [-0.2, -0.15) is 0 Å². The van der Waals surface area contributed by atoms with Gasteiger partial charge in [-0.15, -0.1) is 0 Å². The molecular weight excluding hydrogens is 408 g/mol. The Morgan fingerprint density at radius 2 is 1.30 bits per heavy atom. The van der Waals surface area contributed by atoms with Gasteiger partial charge in [0.1, 0.15) is 0 Å². The van der Waals surface area contributed by atoms with Crippen molar-refractivity contribution in [2.24, 2.45) is 0 Å². The topological polar surface area (TPSA) is 58.0 Å². The first-order valence-corrected chi connectivity index (χ1v) is 11.2. The van der Waals surface area contributed by atoms with Gasteiger partial charge in [-0.05, 0) is 73.6 Å². The number of hydrogen-bond acceptors (Lipinski definition) is 6. The third kappa shape index (κ3) is 7.00. The molecule has 6 heteroatoms. The maximum atomic E-state index is 4.55. The van der Waals surface area contributed by atoms with Gasteiger partial charge in [-0.3, -0.25) is 29.7 Å². The van der Waals surface area contributed by atoms with E-state index in [2.05, 4.69) is 74.0 Å². The van der Waals surface area contributed by atoms with E-state index in [9.17, 15) is 0 Å². The molecule has 0 spiro atoms. The van der Waals surface area contributed by atoms with Crippen molar-refractivity contribution in [2.75, 3.05) is 20.1 Å². The summed E-state index contributed by atoms with van der Waals surface area (Å²) in [4.78, 5) is 22.8. The van der Waals surface area contributed by atoms with Crippen LogP contribution < -0.4 is 0 Å². The highest BCUT2D eigenvalue weighted by molar-refractivity contribution is 5.55. The van der Waals surface area contributed by atoms with E-state index in [0.29, 0.717) is 0 Å². The first-order valence-electron chi connectivity index (χ1n) is 11.2. The lowest BCUT2D eigenvalue weighted by Crippen LogP contribution is -2.33. The van der Waals surface area contributed by atoms with Gasteiger partial charge in [0.2, 0.25) is 0 Å². The van der Waals surface area contributed by atoms with Crippen LogP contribution in [0.2, 0.25) is 0 Å². The maximum absolute atomic E-state index is 4.55. The van der Waals surface area contributed by atoms with Crippen molar-refractivity contribution >= 4 is 0 Å². The van der Waals surface area contributed by atoms with Gasteiger partial charge >= 0.3 is 0 Å². The summed E-state index contributed by atoms with van der Waals surface area (Å²) < 4.78 is 0. The van der Waals surface area contributed by atoms with Crippen LogP contribution in [0, 0.1) is 6.92 Å². The van der Waals surface area contributed by atoms with Crippen LogP contribution in [0.25, 0.3) is 11.4 Å². The molecule has 0 bridgehead atoms. The van der Waals surface area contributed by atoms with Gasteiger partial charge in [0.15, 0.2) is 0 Å². The lowest BCUT2D eigenvalue weighted by Gasteiger charge is -2.25. The molecular formula is C27H30N6. The quantitative estimate of drug-likeness (QED) is 0.366. The molecule has 0 aliphatic carbocycles. The summed E-state index contributed by atoms with van der Waals surface area (Å²) in [5.74, 6) is 0. The summed E-state index contributed by atoms with van der Waals surface area (Å²) in [7, 11) is 2.14. The van der Waals surface area contributed by atoms with Crippen LogP contribution in [-0.4, -0.2) is 49.9 Å². The second-order valence-electron chi connectivity index (χ2n) is 8.36. The fourth-order valence-corrected chi connectivity index (χ4v) is 3.74. The predicted octanol–water partition coefficient (Wildman–Crippen LogP) is 4.38. The molecule has 0 aliphatic heterocycles. The minimum absolute atomic E-state index is 0.790. The molecule has 0 unspecified atom stereocenters. The highest BCUT2D eigenvalue weighted by Gasteiger charge is 2.12. The molecule has 0 aliphatic rings. The summed E-state index contributed by atoms with van der Waals surface area (Å²) in [6, 6.07) is 20.4. The van der Waals surface area contributed by atoms with Crippen molar-refractivity contribution in [3.63, 3.8) is 0 Å². The number of aryl methyl sites for hydroxylation is 1. The average Bonchev–Trinajstić information content (AvgIpc) is 2.84. The first-order chi connectivity index (χ1) is 16.2. The van der Waals surface area contributed by atoms with Crippen LogP contribution in [0.3, 0.4) is 0 Å². The zero-order chi connectivity index (χ0) is 22.9. The molecule has 0 radical (unpaired) electrons. The van der Waals surface area contributed by atoms with Gasteiger partial charge in [0.25, 0.3) is 0 Å². The van der Waals surface area contributed by atoms with Crippen LogP contribution >= 0.6 is 0 Å². The number of pyridine rings is 4. The number of aromatic nitrogens is 4. The second-order valence-corrected chi connectivity index (χ2v) is 8.36. The van der Waals surface area contributed by atoms with Crippen molar-refractivity contribution < 1.29 is 0 Å². The van der Waals surface area contributed by atoms with Crippen molar-refractivity contribution in [2.45, 2.75) is 26.6 Å². The van der Waals surface area contributed by atoms with E-state index in [-0.39, 0.29) is 0 Å². The molecule has 0 fully saturated rings. The molecule has 0 saturated heterocycles. The Kier molecular flexibility index (Phi) is 7.85. The summed E-state index contributed by atoms with van der Waals surface area (Å²) in [5, 5.41) is 0. The Balaban J connectivity index is 1.46. The Morgan fingerprint density at radius 3 is 1.97 bits per heavy atom. The number of likely N-dealkylation sites (N-methyl/N-ethyl adjacent to an activating group) is 1. The Morgan fingerprint density at radius 1 is 0.636 bits per heavy atom. The van der Waals surface area contributed by atoms with E-state index in [4.69, 9.17) is 0 Å². The van der Waals surface area contributed by atoms with Gasteiger partial charge < -0.3 is 0 Å². The van der Waals surface area contributed by atoms with E-state index in [1.54, 1.807) is 0 Å². The third-order valence-corrected chi connectivity index (χ3v) is 5.48. The lowest BCUT2D eigenvalue weighted by atomic mass is 10.1. The fourth-order valence-electron chi connectivity index (χ4n) is 3.74. The molecule has 0 amide bonds. The number of hydrogen-bond donors (Lipinski definition) is 0.